The van der Waals surface area contributed by atoms with E-state index in [0.29, 0.717) is 48.0 Å². The lowest BCUT2D eigenvalue weighted by Crippen LogP contribution is -2.49. The number of nitriles is 1. The highest BCUT2D eigenvalue weighted by molar-refractivity contribution is 6.03. The van der Waals surface area contributed by atoms with E-state index in [2.05, 4.69) is 16.0 Å². The highest BCUT2D eigenvalue weighted by Crippen LogP contribution is 2.34. The summed E-state index contributed by atoms with van der Waals surface area (Å²) in [4.78, 5) is 42.4. The molecule has 246 valence electrons. The number of carbonyl (C=O) groups excluding carboxylic acids is 2. The first kappa shape index (κ1) is 31.6. The fourth-order valence-electron chi connectivity index (χ4n) is 7.02. The molecule has 10 heteroatoms. The van der Waals surface area contributed by atoms with E-state index in [1.807, 2.05) is 76.0 Å². The first-order valence-corrected chi connectivity index (χ1v) is 17.1. The van der Waals surface area contributed by atoms with Gasteiger partial charge in [-0.1, -0.05) is 18.9 Å². The SMILES string of the molecule is Cc1cc2c(cc1OCCCCCCN1CCN(C(=O)c3nc(-c4ccc(C#N)cc4)n4ccccc34)CC1)N=C[C@@H]1CCCN1C2=O. The van der Waals surface area contributed by atoms with Crippen LogP contribution in [0.25, 0.3) is 16.9 Å². The predicted octanol–water partition coefficient (Wildman–Crippen LogP) is 5.90. The lowest BCUT2D eigenvalue weighted by Gasteiger charge is -2.34. The van der Waals surface area contributed by atoms with Crippen molar-refractivity contribution in [2.45, 2.75) is 51.5 Å². The van der Waals surface area contributed by atoms with Crippen LogP contribution in [0.15, 0.2) is 65.8 Å². The zero-order valence-electron chi connectivity index (χ0n) is 27.5. The minimum absolute atomic E-state index is 0.0401. The van der Waals surface area contributed by atoms with Crippen LogP contribution < -0.4 is 4.74 Å². The molecule has 0 spiro atoms. The molecule has 48 heavy (non-hydrogen) atoms. The molecule has 2 amide bonds. The number of carbonyl (C=O) groups is 2. The molecular weight excluding hydrogens is 602 g/mol. The third kappa shape index (κ3) is 6.43. The van der Waals surface area contributed by atoms with Gasteiger partial charge in [0.15, 0.2) is 5.69 Å². The topological polar surface area (TPSA) is 107 Å². The van der Waals surface area contributed by atoms with Gasteiger partial charge in [0.25, 0.3) is 11.8 Å². The lowest BCUT2D eigenvalue weighted by molar-refractivity contribution is 0.0631. The van der Waals surface area contributed by atoms with Crippen molar-refractivity contribution < 1.29 is 14.3 Å². The van der Waals surface area contributed by atoms with Crippen molar-refractivity contribution in [2.75, 3.05) is 45.9 Å². The van der Waals surface area contributed by atoms with Crippen molar-refractivity contribution in [3.8, 4) is 23.2 Å². The van der Waals surface area contributed by atoms with E-state index in [9.17, 15) is 9.59 Å². The average Bonchev–Trinajstić information content (AvgIpc) is 3.73. The molecule has 3 aliphatic heterocycles. The summed E-state index contributed by atoms with van der Waals surface area (Å²) >= 11 is 0. The van der Waals surface area contributed by atoms with E-state index in [4.69, 9.17) is 15.0 Å². The van der Waals surface area contributed by atoms with Gasteiger partial charge in [-0.05, 0) is 87.2 Å². The van der Waals surface area contributed by atoms with E-state index in [0.717, 1.165) is 87.1 Å². The number of aromatic nitrogens is 2. The molecular formula is C38H41N7O3. The van der Waals surface area contributed by atoms with Crippen molar-refractivity contribution in [3.05, 3.63) is 83.2 Å². The van der Waals surface area contributed by atoms with Gasteiger partial charge in [-0.15, -0.1) is 0 Å². The first-order valence-electron chi connectivity index (χ1n) is 17.1. The standard InChI is InChI=1S/C38H41N7O3/c1-27-23-31-32(40-26-30-9-8-17-44(30)37(31)46)24-34(27)48-22-7-3-2-5-15-42-18-20-43(21-19-42)38(47)35-33-10-4-6-16-45(33)36(41-35)29-13-11-28(25-39)12-14-29/h4,6,10-14,16,23-24,26,30H,2-3,5,7-9,15,17-22H2,1H3/t30-/m0/s1. The molecule has 0 unspecified atom stereocenters. The lowest BCUT2D eigenvalue weighted by atomic mass is 10.1. The Bertz CT molecular complexity index is 1880. The summed E-state index contributed by atoms with van der Waals surface area (Å²) in [6.45, 7) is 7.52. The van der Waals surface area contributed by atoms with Crippen molar-refractivity contribution in [1.29, 1.82) is 5.26 Å². The number of pyridine rings is 1. The number of piperazine rings is 1. The highest BCUT2D eigenvalue weighted by atomic mass is 16.5. The van der Waals surface area contributed by atoms with Gasteiger partial charge in [-0.3, -0.25) is 23.9 Å². The Morgan fingerprint density at radius 1 is 1.00 bits per heavy atom. The Morgan fingerprint density at radius 2 is 1.81 bits per heavy atom. The molecule has 7 rings (SSSR count). The number of fused-ring (bicyclic) bond motifs is 3. The number of hydrogen-bond acceptors (Lipinski definition) is 7. The second kappa shape index (κ2) is 14.0. The molecule has 0 N–H and O–H groups in total. The summed E-state index contributed by atoms with van der Waals surface area (Å²) in [6, 6.07) is 19.2. The van der Waals surface area contributed by atoms with Crippen LogP contribution in [-0.2, 0) is 0 Å². The van der Waals surface area contributed by atoms with Crippen LogP contribution in [0.2, 0.25) is 0 Å². The normalized spacial score (nSPS) is 17.7. The Morgan fingerprint density at radius 3 is 2.62 bits per heavy atom. The van der Waals surface area contributed by atoms with Crippen molar-refractivity contribution in [1.82, 2.24) is 24.1 Å². The largest absolute Gasteiger partial charge is 0.493 e. The van der Waals surface area contributed by atoms with Crippen LogP contribution in [0.1, 0.15) is 70.5 Å². The van der Waals surface area contributed by atoms with Crippen LogP contribution in [0.5, 0.6) is 5.75 Å². The predicted molar refractivity (Wildman–Crippen MR) is 185 cm³/mol. The Balaban J connectivity index is 0.850. The molecule has 0 bridgehead atoms. The zero-order chi connectivity index (χ0) is 33.0. The monoisotopic (exact) mass is 643 g/mol. The highest BCUT2D eigenvalue weighted by Gasteiger charge is 2.32. The van der Waals surface area contributed by atoms with Gasteiger partial charge in [0.05, 0.1) is 41.0 Å². The molecule has 1 atom stereocenters. The third-order valence-corrected chi connectivity index (χ3v) is 9.78. The number of ether oxygens (including phenoxy) is 1. The second-order valence-electron chi connectivity index (χ2n) is 12.9. The summed E-state index contributed by atoms with van der Waals surface area (Å²) < 4.78 is 8.09. The van der Waals surface area contributed by atoms with Gasteiger partial charge in [0.2, 0.25) is 0 Å². The maximum atomic E-state index is 13.6. The second-order valence-corrected chi connectivity index (χ2v) is 12.9. The van der Waals surface area contributed by atoms with E-state index < -0.39 is 0 Å². The summed E-state index contributed by atoms with van der Waals surface area (Å²) in [7, 11) is 0. The van der Waals surface area contributed by atoms with Gasteiger partial charge in [-0.25, -0.2) is 4.98 Å². The maximum absolute atomic E-state index is 13.6. The van der Waals surface area contributed by atoms with Crippen molar-refractivity contribution in [2.24, 2.45) is 4.99 Å². The average molecular weight is 644 g/mol. The zero-order valence-corrected chi connectivity index (χ0v) is 27.5. The number of benzene rings is 2. The van der Waals surface area contributed by atoms with Gasteiger partial charge < -0.3 is 14.5 Å². The van der Waals surface area contributed by atoms with Crippen LogP contribution in [-0.4, -0.2) is 94.0 Å². The molecule has 2 fully saturated rings. The molecule has 0 aliphatic carbocycles. The summed E-state index contributed by atoms with van der Waals surface area (Å²) in [6.07, 6.45) is 10.2. The minimum atomic E-state index is -0.0401. The summed E-state index contributed by atoms with van der Waals surface area (Å²) in [5.41, 5.74) is 5.06. The Labute approximate surface area is 281 Å². The first-order chi connectivity index (χ1) is 23.5. The number of unbranched alkanes of at least 4 members (excludes halogenated alkanes) is 3. The number of aryl methyl sites for hydroxylation is 1. The maximum Gasteiger partial charge on any atom is 0.274 e. The minimum Gasteiger partial charge on any atom is -0.493 e. The molecule has 2 saturated heterocycles. The Hall–Kier alpha value is -5.01. The molecule has 2 aromatic carbocycles. The van der Waals surface area contributed by atoms with E-state index in [1.54, 1.807) is 12.1 Å². The van der Waals surface area contributed by atoms with Crippen molar-refractivity contribution >= 4 is 29.2 Å². The third-order valence-electron chi connectivity index (χ3n) is 9.78. The van der Waals surface area contributed by atoms with E-state index in [1.165, 1.54) is 0 Å². The van der Waals surface area contributed by atoms with Crippen LogP contribution in [0.3, 0.4) is 0 Å². The summed E-state index contributed by atoms with van der Waals surface area (Å²) in [5, 5.41) is 9.16. The van der Waals surface area contributed by atoms with Gasteiger partial charge in [-0.2, -0.15) is 5.26 Å². The van der Waals surface area contributed by atoms with Gasteiger partial charge >= 0.3 is 0 Å². The number of amides is 2. The number of imidazole rings is 1. The number of rotatable bonds is 10. The van der Waals surface area contributed by atoms with Crippen LogP contribution >= 0.6 is 0 Å². The number of nitrogens with zero attached hydrogens (tertiary/aromatic N) is 7. The molecule has 0 radical (unpaired) electrons. The molecule has 4 aromatic rings. The van der Waals surface area contributed by atoms with Crippen LogP contribution in [0, 0.1) is 18.3 Å². The summed E-state index contributed by atoms with van der Waals surface area (Å²) in [5.74, 6) is 1.54. The van der Waals surface area contributed by atoms with Gasteiger partial charge in [0.1, 0.15) is 11.6 Å². The van der Waals surface area contributed by atoms with Crippen LogP contribution in [0.4, 0.5) is 5.69 Å². The quantitative estimate of drug-likeness (QED) is 0.199. The van der Waals surface area contributed by atoms with E-state index >= 15 is 0 Å². The molecule has 3 aliphatic rings. The van der Waals surface area contributed by atoms with Crippen molar-refractivity contribution in [3.63, 3.8) is 0 Å². The number of aliphatic imine (C=N–C) groups is 1. The molecule has 5 heterocycles. The fraction of sp³-hybridized carbons (Fsp3) is 0.395. The molecule has 10 nitrogen and oxygen atoms in total. The molecule has 2 aromatic heterocycles. The van der Waals surface area contributed by atoms with Gasteiger partial charge in [0, 0.05) is 56.8 Å². The fourth-order valence-corrected chi connectivity index (χ4v) is 7.02. The number of hydrogen-bond donors (Lipinski definition) is 0. The molecule has 0 saturated carbocycles. The Kier molecular flexibility index (Phi) is 9.21. The smallest absolute Gasteiger partial charge is 0.274 e. The van der Waals surface area contributed by atoms with E-state index in [-0.39, 0.29) is 17.9 Å².